The molecule has 0 radical (unpaired) electrons. The molecule has 0 aromatic rings. The van der Waals surface area contributed by atoms with Crippen molar-refractivity contribution < 1.29 is 63.0 Å². The Morgan fingerprint density at radius 3 is 1.32 bits per heavy atom. The topological polar surface area (TPSA) is 377 Å². The maximum Gasteiger partial charge on any atom is 0.326 e. The standard InChI is InChI=1S/C46H82N10O13/c1-13-25(10)35(48)43(65)52-29(18-22(4)5)40(62)50-28(16-17-32(47)57)39(61)49-21-33(58)54-37(26(11)14-2)44(66)53-31(20-34(59)60)41(63)51-30(19-23(6)7)42(64)56-38(27(12)15-3)45(67)55-36(24(8)9)46(68)69/h22-31,35-38H,13-21,48H2,1-12H3,(H2,47,57)(H,49,61)(H,50,62)(H,51,63)(H,52,65)(H,53,66)(H,54,58)(H,55,67)(H,56,64)(H,59,60)(H,68,69)/t25-,26-,27-,28-,29-,30-,31-,35-,36-,37-,38-/m0/s1. The summed E-state index contributed by atoms with van der Waals surface area (Å²) in [5.74, 6) is -12.4. The van der Waals surface area contributed by atoms with Crippen LogP contribution in [0.5, 0.6) is 0 Å². The number of primary amides is 1. The highest BCUT2D eigenvalue weighted by Gasteiger charge is 2.37. The van der Waals surface area contributed by atoms with E-state index in [0.717, 1.165) is 0 Å². The van der Waals surface area contributed by atoms with Crippen LogP contribution in [0, 0.1) is 35.5 Å². The van der Waals surface area contributed by atoms with E-state index in [1.807, 2.05) is 20.8 Å². The first-order valence-corrected chi connectivity index (χ1v) is 23.9. The fraction of sp³-hybridized carbons (Fsp3) is 0.761. The predicted octanol–water partition coefficient (Wildman–Crippen LogP) is -0.465. The van der Waals surface area contributed by atoms with Gasteiger partial charge in [0.15, 0.2) is 0 Å². The van der Waals surface area contributed by atoms with Gasteiger partial charge >= 0.3 is 11.9 Å². The summed E-state index contributed by atoms with van der Waals surface area (Å²) in [6, 6.07) is -10.4. The second kappa shape index (κ2) is 31.3. The van der Waals surface area contributed by atoms with Gasteiger partial charge in [-0.3, -0.25) is 47.9 Å². The Balaban J connectivity index is 6.35. The average Bonchev–Trinajstić information content (AvgIpc) is 3.26. The quantitative estimate of drug-likeness (QED) is 0.0396. The molecule has 9 amide bonds. The van der Waals surface area contributed by atoms with Gasteiger partial charge in [-0.15, -0.1) is 0 Å². The van der Waals surface area contributed by atoms with Crippen LogP contribution in [0.1, 0.15) is 134 Å². The summed E-state index contributed by atoms with van der Waals surface area (Å²) in [6.07, 6.45) is -0.0640. The van der Waals surface area contributed by atoms with E-state index < -0.39 is 144 Å². The summed E-state index contributed by atoms with van der Waals surface area (Å²) in [5.41, 5.74) is 11.4. The fourth-order valence-electron chi connectivity index (χ4n) is 6.86. The first-order valence-electron chi connectivity index (χ1n) is 23.9. The van der Waals surface area contributed by atoms with Crippen molar-refractivity contribution in [2.45, 2.75) is 183 Å². The van der Waals surface area contributed by atoms with Crippen molar-refractivity contribution in [3.05, 3.63) is 0 Å². The third-order valence-corrected chi connectivity index (χ3v) is 11.8. The van der Waals surface area contributed by atoms with Crippen LogP contribution in [0.15, 0.2) is 0 Å². The van der Waals surface area contributed by atoms with Gasteiger partial charge in [-0.05, 0) is 54.8 Å². The lowest BCUT2D eigenvalue weighted by Gasteiger charge is -2.30. The number of amides is 9. The lowest BCUT2D eigenvalue weighted by atomic mass is 9.95. The minimum Gasteiger partial charge on any atom is -0.481 e. The van der Waals surface area contributed by atoms with Gasteiger partial charge in [0.2, 0.25) is 53.2 Å². The maximum atomic E-state index is 13.8. The predicted molar refractivity (Wildman–Crippen MR) is 255 cm³/mol. The van der Waals surface area contributed by atoms with E-state index in [1.165, 1.54) is 0 Å². The molecule has 0 spiro atoms. The summed E-state index contributed by atoms with van der Waals surface area (Å²) in [4.78, 5) is 144. The average molecular weight is 983 g/mol. The molecule has 14 N–H and O–H groups in total. The van der Waals surface area contributed by atoms with Crippen LogP contribution in [-0.4, -0.2) is 130 Å². The molecular weight excluding hydrogens is 901 g/mol. The molecule has 0 heterocycles. The Morgan fingerprint density at radius 2 is 0.884 bits per heavy atom. The van der Waals surface area contributed by atoms with Gasteiger partial charge in [0.25, 0.3) is 0 Å². The zero-order valence-electron chi connectivity index (χ0n) is 42.5. The molecule has 0 fully saturated rings. The van der Waals surface area contributed by atoms with Crippen LogP contribution in [0.2, 0.25) is 0 Å². The first-order chi connectivity index (χ1) is 32.0. The third-order valence-electron chi connectivity index (χ3n) is 11.8. The third kappa shape index (κ3) is 23.3. The Kier molecular flexibility index (Phi) is 28.6. The van der Waals surface area contributed by atoms with Crippen LogP contribution in [0.25, 0.3) is 0 Å². The summed E-state index contributed by atoms with van der Waals surface area (Å²) in [7, 11) is 0. The second-order valence-electron chi connectivity index (χ2n) is 19.1. The number of nitrogens with two attached hydrogens (primary N) is 2. The van der Waals surface area contributed by atoms with Gasteiger partial charge in [0.1, 0.15) is 42.3 Å². The van der Waals surface area contributed by atoms with E-state index in [-0.39, 0.29) is 43.4 Å². The number of hydrogen-bond acceptors (Lipinski definition) is 12. The highest BCUT2D eigenvalue weighted by molar-refractivity contribution is 5.98. The highest BCUT2D eigenvalue weighted by Crippen LogP contribution is 2.15. The van der Waals surface area contributed by atoms with Crippen molar-refractivity contribution in [2.24, 2.45) is 47.0 Å². The maximum absolute atomic E-state index is 13.8. The number of nitrogens with one attached hydrogen (secondary N) is 8. The largest absolute Gasteiger partial charge is 0.481 e. The summed E-state index contributed by atoms with van der Waals surface area (Å²) < 4.78 is 0. The van der Waals surface area contributed by atoms with E-state index in [1.54, 1.807) is 62.3 Å². The lowest BCUT2D eigenvalue weighted by molar-refractivity contribution is -0.144. The Morgan fingerprint density at radius 1 is 0.478 bits per heavy atom. The minimum atomic E-state index is -1.78. The molecule has 0 aliphatic heterocycles. The summed E-state index contributed by atoms with van der Waals surface area (Å²) in [5, 5.41) is 39.4. The lowest BCUT2D eigenvalue weighted by Crippen LogP contribution is -2.61. The van der Waals surface area contributed by atoms with E-state index in [9.17, 15) is 63.0 Å². The van der Waals surface area contributed by atoms with Crippen LogP contribution < -0.4 is 54.0 Å². The summed E-state index contributed by atoms with van der Waals surface area (Å²) >= 11 is 0. The SMILES string of the molecule is CC[C@H](C)[C@H](N)C(=O)N[C@@H](CC(C)C)C(=O)N[C@@H](CCC(N)=O)C(=O)NCC(=O)N[C@H](C(=O)N[C@@H](CC(=O)O)C(=O)N[C@@H](CC(C)C)C(=O)N[C@H](C(=O)N[C@H](C(=O)O)C(C)C)[C@@H](C)CC)[C@@H](C)CC. The molecule has 23 nitrogen and oxygen atoms in total. The van der Waals surface area contributed by atoms with Crippen LogP contribution >= 0.6 is 0 Å². The normalized spacial score (nSPS) is 16.1. The Hall–Kier alpha value is -5.87. The smallest absolute Gasteiger partial charge is 0.326 e. The molecule has 0 saturated heterocycles. The van der Waals surface area contributed by atoms with E-state index in [0.29, 0.717) is 19.3 Å². The van der Waals surface area contributed by atoms with Crippen molar-refractivity contribution in [2.75, 3.05) is 6.54 Å². The molecule has 23 heteroatoms. The number of carboxylic acids is 2. The molecule has 0 unspecified atom stereocenters. The van der Waals surface area contributed by atoms with Gasteiger partial charge < -0.3 is 64.2 Å². The molecule has 394 valence electrons. The molecule has 0 aliphatic rings. The second-order valence-corrected chi connectivity index (χ2v) is 19.1. The number of carbonyl (C=O) groups is 11. The molecule has 0 rings (SSSR count). The highest BCUT2D eigenvalue weighted by atomic mass is 16.4. The minimum absolute atomic E-state index is 0.0103. The number of rotatable bonds is 33. The molecule has 11 atom stereocenters. The van der Waals surface area contributed by atoms with Gasteiger partial charge in [0.05, 0.1) is 19.0 Å². The molecular formula is C46H82N10O13. The van der Waals surface area contributed by atoms with Gasteiger partial charge in [-0.25, -0.2) is 4.79 Å². The Bertz CT molecular complexity index is 1780. The van der Waals surface area contributed by atoms with Gasteiger partial charge in [0, 0.05) is 6.42 Å². The zero-order valence-corrected chi connectivity index (χ0v) is 42.5. The van der Waals surface area contributed by atoms with Crippen LogP contribution in [0.3, 0.4) is 0 Å². The van der Waals surface area contributed by atoms with Crippen LogP contribution in [-0.2, 0) is 52.7 Å². The molecule has 0 aliphatic carbocycles. The van der Waals surface area contributed by atoms with Gasteiger partial charge in [-0.2, -0.15) is 0 Å². The van der Waals surface area contributed by atoms with E-state index in [4.69, 9.17) is 11.5 Å². The monoisotopic (exact) mass is 983 g/mol. The molecule has 0 aromatic carbocycles. The molecule has 0 bridgehead atoms. The number of carbonyl (C=O) groups excluding carboxylic acids is 9. The number of carboxylic acid groups (broad SMARTS) is 2. The molecule has 69 heavy (non-hydrogen) atoms. The van der Waals surface area contributed by atoms with Crippen molar-refractivity contribution in [1.82, 2.24) is 42.5 Å². The molecule has 0 aromatic heterocycles. The van der Waals surface area contributed by atoms with E-state index >= 15 is 0 Å². The van der Waals surface area contributed by atoms with Crippen molar-refractivity contribution in [3.63, 3.8) is 0 Å². The first kappa shape index (κ1) is 63.1. The molecule has 0 saturated carbocycles. The number of hydrogen-bond donors (Lipinski definition) is 12. The zero-order chi connectivity index (χ0) is 53.5. The van der Waals surface area contributed by atoms with E-state index in [2.05, 4.69) is 42.5 Å². The van der Waals surface area contributed by atoms with Crippen molar-refractivity contribution >= 4 is 65.1 Å². The Labute approximate surface area is 406 Å². The fourth-order valence-corrected chi connectivity index (χ4v) is 6.86. The van der Waals surface area contributed by atoms with Crippen molar-refractivity contribution in [3.8, 4) is 0 Å². The van der Waals surface area contributed by atoms with Gasteiger partial charge in [-0.1, -0.05) is 102 Å². The van der Waals surface area contributed by atoms with Crippen molar-refractivity contribution in [1.29, 1.82) is 0 Å². The summed E-state index contributed by atoms with van der Waals surface area (Å²) in [6.45, 7) is 20.0. The van der Waals surface area contributed by atoms with Crippen LogP contribution in [0.4, 0.5) is 0 Å². The number of aliphatic carboxylic acids is 2.